The Morgan fingerprint density at radius 2 is 1.50 bits per heavy atom. The monoisotopic (exact) mass is 282 g/mol. The summed E-state index contributed by atoms with van der Waals surface area (Å²) in [5, 5.41) is 9.06. The van der Waals surface area contributed by atoms with Crippen LogP contribution in [0.3, 0.4) is 0 Å². The molecule has 0 spiro atoms. The zero-order chi connectivity index (χ0) is 14.4. The number of rotatable bonds is 5. The molecule has 114 valence electrons. The van der Waals surface area contributed by atoms with Crippen LogP contribution in [0.15, 0.2) is 0 Å². The molecule has 0 aromatic rings. The van der Waals surface area contributed by atoms with Gasteiger partial charge in [-0.15, -0.1) is 0 Å². The second-order valence-electron chi connectivity index (χ2n) is 6.30. The molecular formula is C16H26O4. The molecular weight excluding hydrogens is 256 g/mol. The van der Waals surface area contributed by atoms with Crippen molar-refractivity contribution in [3.63, 3.8) is 0 Å². The largest absolute Gasteiger partial charge is 0.481 e. The van der Waals surface area contributed by atoms with Crippen LogP contribution < -0.4 is 0 Å². The molecule has 0 aromatic heterocycles. The Balaban J connectivity index is 1.93. The topological polar surface area (TPSA) is 63.6 Å². The third kappa shape index (κ3) is 4.50. The van der Waals surface area contributed by atoms with Crippen molar-refractivity contribution in [3.05, 3.63) is 0 Å². The van der Waals surface area contributed by atoms with Gasteiger partial charge in [0.1, 0.15) is 6.10 Å². The zero-order valence-corrected chi connectivity index (χ0v) is 12.2. The van der Waals surface area contributed by atoms with Crippen LogP contribution in [0.5, 0.6) is 0 Å². The quantitative estimate of drug-likeness (QED) is 0.783. The zero-order valence-electron chi connectivity index (χ0n) is 12.2. The number of hydrogen-bond acceptors (Lipinski definition) is 3. The minimum Gasteiger partial charge on any atom is -0.481 e. The summed E-state index contributed by atoms with van der Waals surface area (Å²) in [7, 11) is 0. The molecule has 4 nitrogen and oxygen atoms in total. The van der Waals surface area contributed by atoms with Gasteiger partial charge in [-0.05, 0) is 44.4 Å². The van der Waals surface area contributed by atoms with E-state index < -0.39 is 11.9 Å². The van der Waals surface area contributed by atoms with E-state index in [1.54, 1.807) is 0 Å². The SMILES string of the molecule is O=C(O)CC(C(=O)OC1CCCCC1)C1CCCCC1. The highest BCUT2D eigenvalue weighted by molar-refractivity contribution is 5.79. The third-order valence-corrected chi connectivity index (χ3v) is 4.75. The standard InChI is InChI=1S/C16H26O4/c17-15(18)11-14(12-7-3-1-4-8-12)16(19)20-13-9-5-2-6-10-13/h12-14H,1-11H2,(H,17,18). The Morgan fingerprint density at radius 1 is 0.950 bits per heavy atom. The highest BCUT2D eigenvalue weighted by atomic mass is 16.5. The van der Waals surface area contributed by atoms with E-state index in [0.717, 1.165) is 51.4 Å². The Kier molecular flexibility index (Phi) is 5.86. The number of carbonyl (C=O) groups is 2. The van der Waals surface area contributed by atoms with E-state index in [9.17, 15) is 9.59 Å². The molecule has 1 N–H and O–H groups in total. The highest BCUT2D eigenvalue weighted by Crippen LogP contribution is 2.33. The van der Waals surface area contributed by atoms with Crippen molar-refractivity contribution in [3.8, 4) is 0 Å². The molecule has 2 saturated carbocycles. The smallest absolute Gasteiger partial charge is 0.310 e. The molecule has 0 bridgehead atoms. The van der Waals surface area contributed by atoms with Gasteiger partial charge in [0.15, 0.2) is 0 Å². The molecule has 0 amide bonds. The molecule has 0 aliphatic heterocycles. The van der Waals surface area contributed by atoms with Crippen molar-refractivity contribution in [2.24, 2.45) is 11.8 Å². The second-order valence-corrected chi connectivity index (χ2v) is 6.30. The van der Waals surface area contributed by atoms with E-state index >= 15 is 0 Å². The predicted octanol–water partition coefficient (Wildman–Crippen LogP) is 3.53. The molecule has 2 aliphatic carbocycles. The van der Waals surface area contributed by atoms with Crippen LogP contribution in [0.4, 0.5) is 0 Å². The summed E-state index contributed by atoms with van der Waals surface area (Å²) >= 11 is 0. The summed E-state index contributed by atoms with van der Waals surface area (Å²) in [6, 6.07) is 0. The molecule has 0 aromatic carbocycles. The van der Waals surface area contributed by atoms with E-state index in [0.29, 0.717) is 0 Å². The van der Waals surface area contributed by atoms with Crippen molar-refractivity contribution in [2.45, 2.75) is 76.7 Å². The van der Waals surface area contributed by atoms with Gasteiger partial charge in [0.2, 0.25) is 0 Å². The summed E-state index contributed by atoms with van der Waals surface area (Å²) in [5.41, 5.74) is 0. The fraction of sp³-hybridized carbons (Fsp3) is 0.875. The van der Waals surface area contributed by atoms with Gasteiger partial charge in [-0.25, -0.2) is 0 Å². The fourth-order valence-electron chi connectivity index (χ4n) is 3.60. The van der Waals surface area contributed by atoms with E-state index in [1.807, 2.05) is 0 Å². The lowest BCUT2D eigenvalue weighted by atomic mass is 9.78. The van der Waals surface area contributed by atoms with Gasteiger partial charge in [-0.3, -0.25) is 9.59 Å². The van der Waals surface area contributed by atoms with Gasteiger partial charge in [0.25, 0.3) is 0 Å². The van der Waals surface area contributed by atoms with Crippen molar-refractivity contribution < 1.29 is 19.4 Å². The minimum absolute atomic E-state index is 0.0242. The van der Waals surface area contributed by atoms with Crippen LogP contribution in [0.25, 0.3) is 0 Å². The van der Waals surface area contributed by atoms with Crippen molar-refractivity contribution in [2.75, 3.05) is 0 Å². The highest BCUT2D eigenvalue weighted by Gasteiger charge is 2.34. The summed E-state index contributed by atoms with van der Waals surface area (Å²) in [6.45, 7) is 0. The Labute approximate surface area is 120 Å². The number of carboxylic acid groups (broad SMARTS) is 1. The van der Waals surface area contributed by atoms with Crippen LogP contribution in [-0.4, -0.2) is 23.1 Å². The van der Waals surface area contributed by atoms with Gasteiger partial charge in [-0.2, -0.15) is 0 Å². The molecule has 2 rings (SSSR count). The molecule has 1 atom stereocenters. The number of ether oxygens (including phenoxy) is 1. The summed E-state index contributed by atoms with van der Waals surface area (Å²) in [4.78, 5) is 23.4. The first-order chi connectivity index (χ1) is 9.66. The maximum absolute atomic E-state index is 12.4. The lowest BCUT2D eigenvalue weighted by Crippen LogP contribution is -2.33. The Hall–Kier alpha value is -1.06. The Bertz CT molecular complexity index is 327. The van der Waals surface area contributed by atoms with Gasteiger partial charge in [-0.1, -0.05) is 25.7 Å². The molecule has 0 heterocycles. The third-order valence-electron chi connectivity index (χ3n) is 4.75. The van der Waals surface area contributed by atoms with Crippen molar-refractivity contribution >= 4 is 11.9 Å². The predicted molar refractivity (Wildman–Crippen MR) is 75.3 cm³/mol. The molecule has 1 unspecified atom stereocenters. The lowest BCUT2D eigenvalue weighted by molar-refractivity contribution is -0.161. The van der Waals surface area contributed by atoms with Crippen LogP contribution in [0, 0.1) is 11.8 Å². The van der Waals surface area contributed by atoms with Crippen LogP contribution in [-0.2, 0) is 14.3 Å². The van der Waals surface area contributed by atoms with Gasteiger partial charge >= 0.3 is 11.9 Å². The molecule has 20 heavy (non-hydrogen) atoms. The number of carbonyl (C=O) groups excluding carboxylic acids is 1. The van der Waals surface area contributed by atoms with E-state index in [4.69, 9.17) is 9.84 Å². The van der Waals surface area contributed by atoms with Gasteiger partial charge in [0.05, 0.1) is 12.3 Å². The maximum Gasteiger partial charge on any atom is 0.310 e. The normalized spacial score (nSPS) is 23.2. The van der Waals surface area contributed by atoms with Crippen molar-refractivity contribution in [1.82, 2.24) is 0 Å². The van der Waals surface area contributed by atoms with Crippen LogP contribution in [0.1, 0.15) is 70.6 Å². The van der Waals surface area contributed by atoms with Gasteiger partial charge in [0, 0.05) is 0 Å². The van der Waals surface area contributed by atoms with Crippen LogP contribution >= 0.6 is 0 Å². The number of hydrogen-bond donors (Lipinski definition) is 1. The van der Waals surface area contributed by atoms with E-state index in [1.165, 1.54) is 12.8 Å². The first-order valence-electron chi connectivity index (χ1n) is 8.09. The second kappa shape index (κ2) is 7.65. The van der Waals surface area contributed by atoms with Crippen LogP contribution in [0.2, 0.25) is 0 Å². The van der Waals surface area contributed by atoms with E-state index in [2.05, 4.69) is 0 Å². The number of esters is 1. The first-order valence-corrected chi connectivity index (χ1v) is 8.09. The molecule has 0 saturated heterocycles. The lowest BCUT2D eigenvalue weighted by Gasteiger charge is -2.30. The summed E-state index contributed by atoms with van der Waals surface area (Å²) < 4.78 is 5.61. The first kappa shape index (κ1) is 15.3. The molecule has 4 heteroatoms. The maximum atomic E-state index is 12.4. The number of carboxylic acids is 1. The van der Waals surface area contributed by atoms with Gasteiger partial charge < -0.3 is 9.84 Å². The fourth-order valence-corrected chi connectivity index (χ4v) is 3.60. The van der Waals surface area contributed by atoms with Crippen molar-refractivity contribution in [1.29, 1.82) is 0 Å². The summed E-state index contributed by atoms with van der Waals surface area (Å²) in [5.74, 6) is -1.38. The average molecular weight is 282 g/mol. The summed E-state index contributed by atoms with van der Waals surface area (Å²) in [6.07, 6.45) is 10.6. The molecule has 2 fully saturated rings. The number of aliphatic carboxylic acids is 1. The average Bonchev–Trinajstić information content (AvgIpc) is 2.46. The molecule has 2 aliphatic rings. The van der Waals surface area contributed by atoms with E-state index in [-0.39, 0.29) is 24.4 Å². The minimum atomic E-state index is -0.888. The molecule has 0 radical (unpaired) electrons. The Morgan fingerprint density at radius 3 is 2.05 bits per heavy atom.